The van der Waals surface area contributed by atoms with E-state index >= 15 is 0 Å². The molecule has 0 spiro atoms. The summed E-state index contributed by atoms with van der Waals surface area (Å²) in [6.07, 6.45) is 1.74. The number of carbonyl (C=O) groups is 3. The third-order valence-corrected chi connectivity index (χ3v) is 7.67. The molecule has 0 bridgehead atoms. The van der Waals surface area contributed by atoms with Gasteiger partial charge in [-0.1, -0.05) is 60.1 Å². The SMILES string of the molecule is COc1ccccc1NC(=O)CN1C(=O)S/C(=C\c2c(C)n(Cc3ccccc3Cl)c3ccccc23)C1=O. The largest absolute Gasteiger partial charge is 0.495 e. The average molecular weight is 546 g/mol. The number of aromatic nitrogens is 1. The van der Waals surface area contributed by atoms with Crippen molar-refractivity contribution in [1.82, 2.24) is 9.47 Å². The highest BCUT2D eigenvalue weighted by atomic mass is 35.5. The fourth-order valence-electron chi connectivity index (χ4n) is 4.49. The van der Waals surface area contributed by atoms with Crippen LogP contribution in [0.1, 0.15) is 16.8 Å². The Morgan fingerprint density at radius 1 is 1.03 bits per heavy atom. The van der Waals surface area contributed by atoms with Crippen molar-refractivity contribution >= 4 is 63.1 Å². The number of ether oxygens (including phenoxy) is 1. The van der Waals surface area contributed by atoms with Crippen molar-refractivity contribution in [1.29, 1.82) is 0 Å². The molecule has 1 N–H and O–H groups in total. The Labute approximate surface area is 229 Å². The van der Waals surface area contributed by atoms with Crippen LogP contribution in [-0.4, -0.2) is 40.2 Å². The zero-order valence-electron chi connectivity index (χ0n) is 20.7. The second kappa shape index (κ2) is 10.8. The molecular weight excluding hydrogens is 522 g/mol. The van der Waals surface area contributed by atoms with E-state index in [4.69, 9.17) is 16.3 Å². The minimum Gasteiger partial charge on any atom is -0.495 e. The van der Waals surface area contributed by atoms with E-state index in [0.717, 1.165) is 44.4 Å². The molecule has 1 aliphatic rings. The van der Waals surface area contributed by atoms with Gasteiger partial charge in [0.05, 0.1) is 17.7 Å². The lowest BCUT2D eigenvalue weighted by Gasteiger charge is -2.14. The van der Waals surface area contributed by atoms with Crippen molar-refractivity contribution < 1.29 is 19.1 Å². The van der Waals surface area contributed by atoms with Gasteiger partial charge in [0.2, 0.25) is 5.91 Å². The van der Waals surface area contributed by atoms with Crippen LogP contribution >= 0.6 is 23.4 Å². The molecule has 4 aromatic rings. The molecule has 2 heterocycles. The van der Waals surface area contributed by atoms with E-state index in [0.29, 0.717) is 23.0 Å². The predicted octanol–water partition coefficient (Wildman–Crippen LogP) is 6.34. The summed E-state index contributed by atoms with van der Waals surface area (Å²) in [6, 6.07) is 22.5. The molecule has 1 fully saturated rings. The Kier molecular flexibility index (Phi) is 7.26. The van der Waals surface area contributed by atoms with E-state index in [1.165, 1.54) is 7.11 Å². The number of benzene rings is 3. The van der Waals surface area contributed by atoms with Crippen LogP contribution in [0.5, 0.6) is 5.75 Å². The van der Waals surface area contributed by atoms with E-state index in [1.54, 1.807) is 30.3 Å². The van der Waals surface area contributed by atoms with Crippen molar-refractivity contribution in [2.24, 2.45) is 0 Å². The number of carbonyl (C=O) groups excluding carboxylic acids is 3. The maximum absolute atomic E-state index is 13.2. The molecule has 9 heteroatoms. The lowest BCUT2D eigenvalue weighted by atomic mass is 10.1. The van der Waals surface area contributed by atoms with Crippen LogP contribution in [0, 0.1) is 6.92 Å². The molecule has 3 amide bonds. The van der Waals surface area contributed by atoms with Crippen molar-refractivity contribution in [2.45, 2.75) is 13.5 Å². The van der Waals surface area contributed by atoms with Crippen LogP contribution in [0.15, 0.2) is 77.7 Å². The highest BCUT2D eigenvalue weighted by Crippen LogP contribution is 2.36. The highest BCUT2D eigenvalue weighted by molar-refractivity contribution is 8.18. The second-order valence-corrected chi connectivity index (χ2v) is 10.1. The van der Waals surface area contributed by atoms with Gasteiger partial charge in [-0.25, -0.2) is 0 Å². The Balaban J connectivity index is 1.42. The lowest BCUT2D eigenvalue weighted by Crippen LogP contribution is -2.36. The molecular formula is C29H24ClN3O4S. The summed E-state index contributed by atoms with van der Waals surface area (Å²) >= 11 is 7.26. The molecule has 7 nitrogen and oxygen atoms in total. The average Bonchev–Trinajstić information content (AvgIpc) is 3.33. The maximum atomic E-state index is 13.2. The predicted molar refractivity (Wildman–Crippen MR) is 152 cm³/mol. The van der Waals surface area contributed by atoms with E-state index in [-0.39, 0.29) is 4.91 Å². The normalized spacial score (nSPS) is 14.5. The van der Waals surface area contributed by atoms with Gasteiger partial charge >= 0.3 is 0 Å². The van der Waals surface area contributed by atoms with Crippen molar-refractivity contribution in [3.05, 3.63) is 99.5 Å². The molecule has 0 unspecified atom stereocenters. The molecule has 1 aromatic heterocycles. The minimum atomic E-state index is -0.502. The topological polar surface area (TPSA) is 80.6 Å². The van der Waals surface area contributed by atoms with Gasteiger partial charge in [0.1, 0.15) is 12.3 Å². The fourth-order valence-corrected chi connectivity index (χ4v) is 5.50. The molecule has 1 aliphatic heterocycles. The quantitative estimate of drug-likeness (QED) is 0.274. The number of para-hydroxylation sites is 3. The van der Waals surface area contributed by atoms with Gasteiger partial charge in [-0.05, 0) is 54.6 Å². The first-order valence-corrected chi connectivity index (χ1v) is 13.1. The number of hydrogen-bond donors (Lipinski definition) is 1. The third-order valence-electron chi connectivity index (χ3n) is 6.40. The monoisotopic (exact) mass is 545 g/mol. The van der Waals surface area contributed by atoms with Gasteiger partial charge < -0.3 is 14.6 Å². The van der Waals surface area contributed by atoms with Gasteiger partial charge in [0, 0.05) is 33.7 Å². The Hall–Kier alpha value is -4.01. The third kappa shape index (κ3) is 4.92. The summed E-state index contributed by atoms with van der Waals surface area (Å²) in [5, 5.41) is 3.85. The number of fused-ring (bicyclic) bond motifs is 1. The van der Waals surface area contributed by atoms with Gasteiger partial charge in [-0.2, -0.15) is 0 Å². The number of anilines is 1. The first-order chi connectivity index (χ1) is 18.4. The number of halogens is 1. The molecule has 0 aliphatic carbocycles. The van der Waals surface area contributed by atoms with Crippen molar-refractivity contribution in [2.75, 3.05) is 19.0 Å². The molecule has 192 valence electrons. The number of nitrogens with zero attached hydrogens (tertiary/aromatic N) is 2. The van der Waals surface area contributed by atoms with E-state index in [2.05, 4.69) is 9.88 Å². The molecule has 1 saturated heterocycles. The molecule has 0 atom stereocenters. The summed E-state index contributed by atoms with van der Waals surface area (Å²) in [4.78, 5) is 39.8. The summed E-state index contributed by atoms with van der Waals surface area (Å²) < 4.78 is 7.40. The maximum Gasteiger partial charge on any atom is 0.294 e. The highest BCUT2D eigenvalue weighted by Gasteiger charge is 2.36. The Bertz CT molecular complexity index is 1610. The van der Waals surface area contributed by atoms with Crippen LogP contribution in [-0.2, 0) is 16.1 Å². The van der Waals surface area contributed by atoms with E-state index in [9.17, 15) is 14.4 Å². The van der Waals surface area contributed by atoms with Crippen LogP contribution in [0.25, 0.3) is 17.0 Å². The van der Waals surface area contributed by atoms with Gasteiger partial charge in [-0.3, -0.25) is 19.3 Å². The second-order valence-electron chi connectivity index (χ2n) is 8.71. The number of thioether (sulfide) groups is 1. The smallest absolute Gasteiger partial charge is 0.294 e. The number of imide groups is 1. The van der Waals surface area contributed by atoms with Crippen LogP contribution in [0.3, 0.4) is 0 Å². The Morgan fingerprint density at radius 3 is 2.53 bits per heavy atom. The zero-order chi connectivity index (χ0) is 26.8. The number of hydrogen-bond acceptors (Lipinski definition) is 5. The van der Waals surface area contributed by atoms with Crippen LogP contribution in [0.2, 0.25) is 5.02 Å². The van der Waals surface area contributed by atoms with Crippen molar-refractivity contribution in [3.63, 3.8) is 0 Å². The summed E-state index contributed by atoms with van der Waals surface area (Å²) in [7, 11) is 1.50. The van der Waals surface area contributed by atoms with Crippen molar-refractivity contribution in [3.8, 4) is 5.75 Å². The fraction of sp³-hybridized carbons (Fsp3) is 0.138. The summed E-state index contributed by atoms with van der Waals surface area (Å²) in [6.45, 7) is 2.14. The molecule has 5 rings (SSSR count). The number of nitrogens with one attached hydrogen (secondary N) is 1. The summed E-state index contributed by atoms with van der Waals surface area (Å²) in [5.41, 5.74) is 4.21. The van der Waals surface area contributed by atoms with Crippen LogP contribution < -0.4 is 10.1 Å². The molecule has 3 aromatic carbocycles. The Morgan fingerprint density at radius 2 is 1.74 bits per heavy atom. The number of rotatable bonds is 7. The first-order valence-electron chi connectivity index (χ1n) is 11.9. The number of amides is 3. The molecule has 0 radical (unpaired) electrons. The van der Waals surface area contributed by atoms with Crippen LogP contribution in [0.4, 0.5) is 10.5 Å². The number of methoxy groups -OCH3 is 1. The van der Waals surface area contributed by atoms with E-state index in [1.807, 2.05) is 55.5 Å². The lowest BCUT2D eigenvalue weighted by molar-refractivity contribution is -0.127. The molecule has 38 heavy (non-hydrogen) atoms. The zero-order valence-corrected chi connectivity index (χ0v) is 22.3. The van der Waals surface area contributed by atoms with Gasteiger partial charge in [-0.15, -0.1) is 0 Å². The minimum absolute atomic E-state index is 0.267. The van der Waals surface area contributed by atoms with Gasteiger partial charge in [0.25, 0.3) is 11.1 Å². The van der Waals surface area contributed by atoms with Gasteiger partial charge in [0.15, 0.2) is 0 Å². The summed E-state index contributed by atoms with van der Waals surface area (Å²) in [5.74, 6) is -0.512. The first kappa shape index (κ1) is 25.6. The molecule has 0 saturated carbocycles. The van der Waals surface area contributed by atoms with E-state index < -0.39 is 23.6 Å². The standard InChI is InChI=1S/C29H24ClN3O4S/c1-18-21(20-10-4-7-13-24(20)32(18)16-19-9-3-5-11-22(19)30)15-26-28(35)33(29(36)38-26)17-27(34)31-23-12-6-8-14-25(23)37-2/h3-15H,16-17H2,1-2H3,(H,31,34)/b26-15-.